The first kappa shape index (κ1) is 5.67. The molecule has 46 valence electrons. The van der Waals surface area contributed by atoms with Crippen LogP contribution in [0, 0.1) is 0 Å². The van der Waals surface area contributed by atoms with Gasteiger partial charge < -0.3 is 4.74 Å². The summed E-state index contributed by atoms with van der Waals surface area (Å²) in [6, 6.07) is 0. The van der Waals surface area contributed by atoms with E-state index in [0.29, 0.717) is 6.10 Å². The Morgan fingerprint density at radius 2 is 2.62 bits per heavy atom. The smallest absolute Gasteiger partial charge is 0.101 e. The van der Waals surface area contributed by atoms with E-state index in [2.05, 4.69) is 13.0 Å². The zero-order chi connectivity index (χ0) is 5.82. The summed E-state index contributed by atoms with van der Waals surface area (Å²) < 4.78 is 5.21. The molecule has 0 saturated heterocycles. The van der Waals surface area contributed by atoms with Gasteiger partial charge >= 0.3 is 0 Å². The summed E-state index contributed by atoms with van der Waals surface area (Å²) in [7, 11) is 0. The minimum atomic E-state index is 0.500. The molecule has 0 aromatic heterocycles. The molecule has 1 heteroatoms. The molecule has 1 atom stereocenters. The minimum Gasteiger partial charge on any atom is -0.498 e. The number of hydrogen-bond acceptors (Lipinski definition) is 1. The molecule has 0 aromatic rings. The maximum atomic E-state index is 5.21. The van der Waals surface area contributed by atoms with Gasteiger partial charge in [-0.25, -0.2) is 0 Å². The molecule has 0 radical (unpaired) electrons. The fourth-order valence-electron chi connectivity index (χ4n) is 0.937. The van der Waals surface area contributed by atoms with Crippen molar-refractivity contribution in [1.29, 1.82) is 0 Å². The lowest BCUT2D eigenvalue weighted by molar-refractivity contribution is 0.160. The second-order valence-electron chi connectivity index (χ2n) is 2.15. The van der Waals surface area contributed by atoms with Crippen LogP contribution < -0.4 is 0 Å². The highest BCUT2D eigenvalue weighted by Crippen LogP contribution is 2.13. The molecule has 0 bridgehead atoms. The molecule has 0 aromatic carbocycles. The predicted octanol–water partition coefficient (Wildman–Crippen LogP) is 2.09. The number of ether oxygens (including phenoxy) is 1. The summed E-state index contributed by atoms with van der Waals surface area (Å²) in [5.41, 5.74) is 0. The van der Waals surface area contributed by atoms with E-state index in [4.69, 9.17) is 4.74 Å². The largest absolute Gasteiger partial charge is 0.498 e. The van der Waals surface area contributed by atoms with E-state index < -0.39 is 0 Å². The first-order valence-corrected chi connectivity index (χ1v) is 3.24. The third-order valence-corrected chi connectivity index (χ3v) is 1.38. The van der Waals surface area contributed by atoms with E-state index in [1.807, 2.05) is 0 Å². The zero-order valence-corrected chi connectivity index (χ0v) is 5.26. The Labute approximate surface area is 50.3 Å². The Balaban J connectivity index is 2.10. The van der Waals surface area contributed by atoms with Crippen molar-refractivity contribution in [2.24, 2.45) is 0 Å². The van der Waals surface area contributed by atoms with Gasteiger partial charge in [-0.3, -0.25) is 0 Å². The van der Waals surface area contributed by atoms with Crippen molar-refractivity contribution in [2.75, 3.05) is 0 Å². The van der Waals surface area contributed by atoms with E-state index in [9.17, 15) is 0 Å². The van der Waals surface area contributed by atoms with Gasteiger partial charge in [-0.05, 0) is 12.5 Å². The van der Waals surface area contributed by atoms with Crippen molar-refractivity contribution < 1.29 is 4.74 Å². The van der Waals surface area contributed by atoms with Gasteiger partial charge in [0.05, 0.1) is 6.26 Å². The summed E-state index contributed by atoms with van der Waals surface area (Å²) >= 11 is 0. The summed E-state index contributed by atoms with van der Waals surface area (Å²) in [6.45, 7) is 2.18. The van der Waals surface area contributed by atoms with Crippen molar-refractivity contribution >= 4 is 0 Å². The molecule has 1 aliphatic heterocycles. The minimum absolute atomic E-state index is 0.500. The first-order chi connectivity index (χ1) is 3.93. The molecule has 0 saturated carbocycles. The molecule has 8 heavy (non-hydrogen) atoms. The molecule has 0 aliphatic carbocycles. The Hall–Kier alpha value is -0.460. The van der Waals surface area contributed by atoms with Crippen LogP contribution in [0.5, 0.6) is 0 Å². The van der Waals surface area contributed by atoms with Gasteiger partial charge in [0.1, 0.15) is 6.10 Å². The highest BCUT2D eigenvalue weighted by molar-refractivity contribution is 4.85. The average molecular weight is 112 g/mol. The standard InChI is InChI=1S/C7H12O/c1-2-4-7-5-3-6-8-7/h3,6-7H,2,4-5H2,1H3. The van der Waals surface area contributed by atoms with E-state index in [-0.39, 0.29) is 0 Å². The molecule has 1 nitrogen and oxygen atoms in total. The van der Waals surface area contributed by atoms with Crippen LogP contribution in [0.25, 0.3) is 0 Å². The lowest BCUT2D eigenvalue weighted by Gasteiger charge is -2.06. The van der Waals surface area contributed by atoms with E-state index in [1.54, 1.807) is 6.26 Å². The molecule has 1 aliphatic rings. The number of rotatable bonds is 2. The molecule has 1 heterocycles. The molecular weight excluding hydrogens is 100 g/mol. The quantitative estimate of drug-likeness (QED) is 0.531. The Bertz CT molecular complexity index is 78.4. The van der Waals surface area contributed by atoms with E-state index >= 15 is 0 Å². The summed E-state index contributed by atoms with van der Waals surface area (Å²) in [4.78, 5) is 0. The van der Waals surface area contributed by atoms with Gasteiger partial charge in [-0.2, -0.15) is 0 Å². The highest BCUT2D eigenvalue weighted by atomic mass is 16.5. The SMILES string of the molecule is CCCC1CC=CO1. The van der Waals surface area contributed by atoms with Crippen molar-refractivity contribution in [3.05, 3.63) is 12.3 Å². The molecular formula is C7H12O. The van der Waals surface area contributed by atoms with E-state index in [0.717, 1.165) is 6.42 Å². The maximum Gasteiger partial charge on any atom is 0.101 e. The number of hydrogen-bond donors (Lipinski definition) is 0. The molecule has 1 unspecified atom stereocenters. The second kappa shape index (κ2) is 2.75. The maximum absolute atomic E-state index is 5.21. The molecule has 0 fully saturated rings. The Kier molecular flexibility index (Phi) is 1.95. The van der Waals surface area contributed by atoms with E-state index in [1.165, 1.54) is 12.8 Å². The van der Waals surface area contributed by atoms with Gasteiger partial charge in [-0.1, -0.05) is 13.3 Å². The lowest BCUT2D eigenvalue weighted by Crippen LogP contribution is -2.02. The highest BCUT2D eigenvalue weighted by Gasteiger charge is 2.07. The van der Waals surface area contributed by atoms with Gasteiger partial charge in [-0.15, -0.1) is 0 Å². The van der Waals surface area contributed by atoms with Crippen molar-refractivity contribution in [1.82, 2.24) is 0 Å². The Morgan fingerprint density at radius 1 is 1.75 bits per heavy atom. The van der Waals surface area contributed by atoms with Gasteiger partial charge in [0.15, 0.2) is 0 Å². The third kappa shape index (κ3) is 1.25. The van der Waals surface area contributed by atoms with Gasteiger partial charge in [0.2, 0.25) is 0 Å². The van der Waals surface area contributed by atoms with Crippen LogP contribution in [0.1, 0.15) is 26.2 Å². The topological polar surface area (TPSA) is 9.23 Å². The molecule has 0 N–H and O–H groups in total. The van der Waals surface area contributed by atoms with Crippen LogP contribution >= 0.6 is 0 Å². The normalized spacial score (nSPS) is 25.9. The second-order valence-corrected chi connectivity index (χ2v) is 2.15. The summed E-state index contributed by atoms with van der Waals surface area (Å²) in [6.07, 6.45) is 7.94. The van der Waals surface area contributed by atoms with Crippen LogP contribution in [0.2, 0.25) is 0 Å². The zero-order valence-electron chi connectivity index (χ0n) is 5.26. The van der Waals surface area contributed by atoms with Crippen molar-refractivity contribution in [2.45, 2.75) is 32.3 Å². The molecule has 1 rings (SSSR count). The van der Waals surface area contributed by atoms with Gasteiger partial charge in [0.25, 0.3) is 0 Å². The van der Waals surface area contributed by atoms with Crippen LogP contribution in [0.15, 0.2) is 12.3 Å². The monoisotopic (exact) mass is 112 g/mol. The molecule has 0 amide bonds. The Morgan fingerprint density at radius 3 is 3.12 bits per heavy atom. The lowest BCUT2D eigenvalue weighted by atomic mass is 10.2. The van der Waals surface area contributed by atoms with Crippen LogP contribution in [0.3, 0.4) is 0 Å². The molecule has 0 spiro atoms. The third-order valence-electron chi connectivity index (χ3n) is 1.38. The first-order valence-electron chi connectivity index (χ1n) is 3.24. The average Bonchev–Trinajstić information content (AvgIpc) is 2.19. The summed E-state index contributed by atoms with van der Waals surface area (Å²) in [5.74, 6) is 0. The predicted molar refractivity (Wildman–Crippen MR) is 33.5 cm³/mol. The van der Waals surface area contributed by atoms with Crippen LogP contribution in [-0.4, -0.2) is 6.10 Å². The fraction of sp³-hybridized carbons (Fsp3) is 0.714. The summed E-state index contributed by atoms with van der Waals surface area (Å²) in [5, 5.41) is 0. The van der Waals surface area contributed by atoms with Crippen molar-refractivity contribution in [3.8, 4) is 0 Å². The van der Waals surface area contributed by atoms with Crippen molar-refractivity contribution in [3.63, 3.8) is 0 Å². The fourth-order valence-corrected chi connectivity index (χ4v) is 0.937. The van der Waals surface area contributed by atoms with Crippen LogP contribution in [-0.2, 0) is 4.74 Å². The van der Waals surface area contributed by atoms with Crippen LogP contribution in [0.4, 0.5) is 0 Å². The van der Waals surface area contributed by atoms with Gasteiger partial charge in [0, 0.05) is 6.42 Å².